The van der Waals surface area contributed by atoms with E-state index in [4.69, 9.17) is 9.47 Å². The number of benzene rings is 1. The molecule has 2 heterocycles. The minimum Gasteiger partial charge on any atom is -0.385 e. The molecule has 1 aromatic rings. The lowest BCUT2D eigenvalue weighted by atomic mass is 9.84. The van der Waals surface area contributed by atoms with E-state index in [1.165, 1.54) is 17.8 Å². The molecule has 32 heavy (non-hydrogen) atoms. The fourth-order valence-corrected chi connectivity index (χ4v) is 9.28. The van der Waals surface area contributed by atoms with E-state index in [2.05, 4.69) is 45.9 Å². The van der Waals surface area contributed by atoms with Crippen LogP contribution in [0.2, 0.25) is 25.7 Å². The number of hydrogen-bond acceptors (Lipinski definition) is 6. The summed E-state index contributed by atoms with van der Waals surface area (Å²) >= 11 is 6.54. The molecule has 0 radical (unpaired) electrons. The van der Waals surface area contributed by atoms with Gasteiger partial charge in [-0.15, -0.1) is 0 Å². The summed E-state index contributed by atoms with van der Waals surface area (Å²) in [5.41, 5.74) is -1.19. The maximum atomic E-state index is 14.9. The van der Waals surface area contributed by atoms with E-state index in [1.54, 1.807) is 23.9 Å². The average molecular weight is 566 g/mol. The number of alkyl carbamates (subject to hydrolysis) is 1. The van der Waals surface area contributed by atoms with Gasteiger partial charge in [0, 0.05) is 41.1 Å². The van der Waals surface area contributed by atoms with Crippen LogP contribution in [0.1, 0.15) is 5.56 Å². The van der Waals surface area contributed by atoms with E-state index in [1.807, 2.05) is 0 Å². The normalized spacial score (nSPS) is 30.9. The van der Waals surface area contributed by atoms with Crippen molar-refractivity contribution in [2.45, 2.75) is 36.0 Å². The van der Waals surface area contributed by atoms with Crippen molar-refractivity contribution in [1.29, 1.82) is 0 Å². The zero-order chi connectivity index (χ0) is 23.1. The van der Waals surface area contributed by atoms with Gasteiger partial charge in [0.25, 0.3) is 5.23 Å². The van der Waals surface area contributed by atoms with Gasteiger partial charge < -0.3 is 9.47 Å². The molecule has 176 valence electrons. The van der Waals surface area contributed by atoms with Gasteiger partial charge in [-0.3, -0.25) is 5.32 Å². The molecule has 2 fully saturated rings. The number of alkyl halides is 1. The maximum absolute atomic E-state index is 14.9. The van der Waals surface area contributed by atoms with Crippen molar-refractivity contribution < 1.29 is 23.0 Å². The Labute approximate surface area is 205 Å². The van der Waals surface area contributed by atoms with Crippen LogP contribution in [0.25, 0.3) is 0 Å². The first-order valence-electron chi connectivity index (χ1n) is 10.5. The van der Waals surface area contributed by atoms with Crippen molar-refractivity contribution in [2.75, 3.05) is 31.5 Å². The van der Waals surface area contributed by atoms with Crippen molar-refractivity contribution in [2.24, 2.45) is 16.8 Å². The van der Waals surface area contributed by atoms with Crippen LogP contribution in [-0.4, -0.2) is 55.7 Å². The predicted molar refractivity (Wildman–Crippen MR) is 132 cm³/mol. The van der Waals surface area contributed by atoms with Gasteiger partial charge in [-0.05, 0) is 35.9 Å². The highest BCUT2D eigenvalue weighted by Gasteiger charge is 2.77. The van der Waals surface area contributed by atoms with Gasteiger partial charge in [0.15, 0.2) is 0 Å². The number of nitrogens with one attached hydrogen (secondary N) is 1. The summed E-state index contributed by atoms with van der Waals surface area (Å²) in [5, 5.41) is 2.65. The van der Waals surface area contributed by atoms with E-state index in [-0.39, 0.29) is 34.1 Å². The molecule has 2 aliphatic heterocycles. The minimum atomic E-state index is -1.39. The molecule has 0 bridgehead atoms. The van der Waals surface area contributed by atoms with Crippen LogP contribution in [0.4, 0.5) is 13.6 Å². The lowest BCUT2D eigenvalue weighted by Crippen LogP contribution is -2.41. The molecule has 1 spiro atoms. The summed E-state index contributed by atoms with van der Waals surface area (Å²) in [5.74, 6) is 1.23. The lowest BCUT2D eigenvalue weighted by molar-refractivity contribution is 0.120. The second-order valence-corrected chi connectivity index (χ2v) is 18.5. The second kappa shape index (κ2) is 9.20. The summed E-state index contributed by atoms with van der Waals surface area (Å²) in [7, 11) is -1.21. The summed E-state index contributed by atoms with van der Waals surface area (Å²) in [4.78, 5) is 16.9. The quantitative estimate of drug-likeness (QED) is 0.264. The minimum absolute atomic E-state index is 0.0298. The van der Waals surface area contributed by atoms with E-state index in [0.717, 1.165) is 17.5 Å². The Morgan fingerprint density at radius 1 is 1.41 bits per heavy atom. The number of hydrogen-bond donors (Lipinski definition) is 1. The summed E-state index contributed by atoms with van der Waals surface area (Å²) < 4.78 is 40.9. The number of nitrogens with zero attached hydrogens (tertiary/aromatic N) is 1. The number of carbonyl (C=O) groups excluding carboxylic acids is 1. The SMILES string of the molecule is C[Si](C)(C)CCOCNC(=O)OC1=N[C@](CF)(c2cc(Br)ccc2F)[C@H]2C3CSC[C@@]32S1. The largest absolute Gasteiger partial charge is 0.416 e. The first-order valence-corrected chi connectivity index (χ1v) is 17.0. The highest BCUT2D eigenvalue weighted by Crippen LogP contribution is 2.74. The molecule has 11 heteroatoms. The zero-order valence-electron chi connectivity index (χ0n) is 18.3. The molecule has 4 rings (SSSR count). The Morgan fingerprint density at radius 3 is 2.91 bits per heavy atom. The number of ether oxygens (including phenoxy) is 2. The third-order valence-corrected chi connectivity index (χ3v) is 11.3. The molecule has 3 aliphatic rings. The zero-order valence-corrected chi connectivity index (χ0v) is 22.5. The number of halogens is 3. The van der Waals surface area contributed by atoms with Crippen LogP contribution in [0.15, 0.2) is 27.7 Å². The number of aliphatic imine (C=N–C) groups is 1. The maximum Gasteiger partial charge on any atom is 0.416 e. The third-order valence-electron chi connectivity index (χ3n) is 6.25. The molecule has 1 amide bonds. The standard InChI is InChI=1S/C21H27BrF2N2O3S2Si/c1-32(2,3)7-6-28-12-25-18(27)29-19-26-20(10-23,14-8-13(22)4-5-16(14)24)17-15-9-30-11-21(15,17)31-19/h4-5,8,15,17H,6-7,9-12H2,1-3H3,(H,25,27)/t15?,17-,20-,21-/m1/s1. The summed E-state index contributed by atoms with van der Waals surface area (Å²) in [6.07, 6.45) is -0.704. The van der Waals surface area contributed by atoms with Crippen LogP contribution in [0.5, 0.6) is 0 Å². The molecule has 1 aromatic carbocycles. The molecule has 4 atom stereocenters. The molecule has 1 saturated carbocycles. The summed E-state index contributed by atoms with van der Waals surface area (Å²) in [6, 6.07) is 5.48. The molecule has 1 unspecified atom stereocenters. The van der Waals surface area contributed by atoms with Gasteiger partial charge >= 0.3 is 6.09 Å². The number of rotatable bonds is 7. The Balaban J connectivity index is 1.51. The van der Waals surface area contributed by atoms with E-state index in [9.17, 15) is 13.6 Å². The fraction of sp³-hybridized carbons (Fsp3) is 0.619. The van der Waals surface area contributed by atoms with Crippen LogP contribution >= 0.6 is 39.5 Å². The van der Waals surface area contributed by atoms with Crippen molar-refractivity contribution in [3.8, 4) is 0 Å². The van der Waals surface area contributed by atoms with Gasteiger partial charge in [0.2, 0.25) is 0 Å². The Bertz CT molecular complexity index is 935. The average Bonchev–Trinajstić information content (AvgIpc) is 3.18. The van der Waals surface area contributed by atoms with Crippen molar-refractivity contribution >= 4 is 58.9 Å². The number of amides is 1. The van der Waals surface area contributed by atoms with Gasteiger partial charge in [-0.25, -0.2) is 18.6 Å². The van der Waals surface area contributed by atoms with Crippen LogP contribution in [0, 0.1) is 17.7 Å². The molecule has 0 aromatic heterocycles. The van der Waals surface area contributed by atoms with Gasteiger partial charge in [0.05, 0.1) is 0 Å². The molecule has 1 N–H and O–H groups in total. The van der Waals surface area contributed by atoms with Crippen molar-refractivity contribution in [3.63, 3.8) is 0 Å². The number of thioether (sulfide) groups is 2. The van der Waals surface area contributed by atoms with Crippen LogP contribution < -0.4 is 5.32 Å². The van der Waals surface area contributed by atoms with Crippen LogP contribution in [0.3, 0.4) is 0 Å². The van der Waals surface area contributed by atoms with Gasteiger partial charge in [-0.1, -0.05) is 47.3 Å². The van der Waals surface area contributed by atoms with E-state index < -0.39 is 32.2 Å². The van der Waals surface area contributed by atoms with E-state index >= 15 is 0 Å². The number of fused-ring (bicyclic) bond motifs is 1. The topological polar surface area (TPSA) is 59.9 Å². The first-order chi connectivity index (χ1) is 15.1. The molecule has 5 nitrogen and oxygen atoms in total. The fourth-order valence-electron chi connectivity index (χ4n) is 4.56. The van der Waals surface area contributed by atoms with Crippen LogP contribution in [-0.2, 0) is 15.0 Å². The molecular formula is C21H27BrF2N2O3S2Si. The Hall–Kier alpha value is -0.623. The second-order valence-electron chi connectivity index (χ2n) is 9.65. The van der Waals surface area contributed by atoms with Gasteiger partial charge in [-0.2, -0.15) is 11.8 Å². The smallest absolute Gasteiger partial charge is 0.385 e. The monoisotopic (exact) mass is 564 g/mol. The number of carbonyl (C=O) groups is 1. The predicted octanol–water partition coefficient (Wildman–Crippen LogP) is 5.63. The third kappa shape index (κ3) is 4.64. The lowest BCUT2D eigenvalue weighted by Gasteiger charge is -2.35. The highest BCUT2D eigenvalue weighted by atomic mass is 79.9. The Kier molecular flexibility index (Phi) is 7.04. The summed E-state index contributed by atoms with van der Waals surface area (Å²) in [6.45, 7) is 6.50. The van der Waals surface area contributed by atoms with Gasteiger partial charge in [0.1, 0.15) is 24.8 Å². The highest BCUT2D eigenvalue weighted by molar-refractivity contribution is 9.10. The van der Waals surface area contributed by atoms with E-state index in [0.29, 0.717) is 11.1 Å². The molecular weight excluding hydrogens is 538 g/mol. The first kappa shape index (κ1) is 24.5. The Morgan fingerprint density at radius 2 is 2.19 bits per heavy atom. The molecule has 1 saturated heterocycles. The van der Waals surface area contributed by atoms with Crippen molar-refractivity contribution in [1.82, 2.24) is 5.32 Å². The molecule has 1 aliphatic carbocycles. The van der Waals surface area contributed by atoms with Crippen molar-refractivity contribution in [3.05, 3.63) is 34.1 Å².